The maximum absolute atomic E-state index is 12.5. The summed E-state index contributed by atoms with van der Waals surface area (Å²) >= 11 is 0. The van der Waals surface area contributed by atoms with Gasteiger partial charge in [0.05, 0.1) is 4.90 Å². The number of benzene rings is 3. The van der Waals surface area contributed by atoms with E-state index in [2.05, 4.69) is 0 Å². The number of nitrogens with zero attached hydrogens (tertiary/aromatic N) is 1. The fourth-order valence-corrected chi connectivity index (χ4v) is 3.63. The molecule has 3 aromatic carbocycles. The second kappa shape index (κ2) is 5.91. The molecule has 112 valence electrons. The predicted octanol–water partition coefficient (Wildman–Crippen LogP) is 3.66. The third-order valence-corrected chi connectivity index (χ3v) is 5.49. The summed E-state index contributed by atoms with van der Waals surface area (Å²) in [6.45, 7) is 0.349. The van der Waals surface area contributed by atoms with Crippen molar-refractivity contribution in [1.29, 1.82) is 0 Å². The van der Waals surface area contributed by atoms with Gasteiger partial charge in [0.15, 0.2) is 0 Å². The lowest BCUT2D eigenvalue weighted by Gasteiger charge is -2.17. The molecule has 0 aliphatic rings. The van der Waals surface area contributed by atoms with Gasteiger partial charge in [0.1, 0.15) is 0 Å². The minimum atomic E-state index is -3.46. The predicted molar refractivity (Wildman–Crippen MR) is 89.0 cm³/mol. The molecule has 0 aliphatic carbocycles. The third-order valence-electron chi connectivity index (χ3n) is 3.67. The molecule has 0 fully saturated rings. The Hall–Kier alpha value is -2.17. The Morgan fingerprint density at radius 1 is 0.818 bits per heavy atom. The lowest BCUT2D eigenvalue weighted by atomic mass is 10.1. The summed E-state index contributed by atoms with van der Waals surface area (Å²) in [5.74, 6) is 0. The molecule has 22 heavy (non-hydrogen) atoms. The molecule has 0 saturated carbocycles. The van der Waals surface area contributed by atoms with Crippen LogP contribution in [0.15, 0.2) is 77.7 Å². The average molecular weight is 311 g/mol. The molecule has 3 nitrogen and oxygen atoms in total. The van der Waals surface area contributed by atoms with Gasteiger partial charge in [0, 0.05) is 13.6 Å². The zero-order valence-electron chi connectivity index (χ0n) is 12.3. The van der Waals surface area contributed by atoms with Crippen LogP contribution < -0.4 is 0 Å². The van der Waals surface area contributed by atoms with E-state index in [-0.39, 0.29) is 0 Å². The van der Waals surface area contributed by atoms with Crippen molar-refractivity contribution >= 4 is 20.8 Å². The first-order chi connectivity index (χ1) is 10.6. The lowest BCUT2D eigenvalue weighted by Crippen LogP contribution is -2.26. The molecule has 0 bridgehead atoms. The summed E-state index contributed by atoms with van der Waals surface area (Å²) in [6, 6.07) is 22.6. The Morgan fingerprint density at radius 2 is 1.45 bits per heavy atom. The number of fused-ring (bicyclic) bond motifs is 1. The fraction of sp³-hybridized carbons (Fsp3) is 0.111. The fourth-order valence-electron chi connectivity index (χ4n) is 2.45. The van der Waals surface area contributed by atoms with Crippen molar-refractivity contribution < 1.29 is 8.42 Å². The van der Waals surface area contributed by atoms with E-state index in [9.17, 15) is 8.42 Å². The van der Waals surface area contributed by atoms with Crippen molar-refractivity contribution in [2.24, 2.45) is 0 Å². The van der Waals surface area contributed by atoms with Crippen LogP contribution in [0.5, 0.6) is 0 Å². The van der Waals surface area contributed by atoms with Crippen molar-refractivity contribution in [2.75, 3.05) is 7.05 Å². The van der Waals surface area contributed by atoms with Crippen LogP contribution in [0.4, 0.5) is 0 Å². The minimum Gasteiger partial charge on any atom is -0.207 e. The highest BCUT2D eigenvalue weighted by atomic mass is 32.2. The van der Waals surface area contributed by atoms with E-state index in [0.29, 0.717) is 11.4 Å². The van der Waals surface area contributed by atoms with E-state index in [0.717, 1.165) is 16.3 Å². The summed E-state index contributed by atoms with van der Waals surface area (Å²) in [5.41, 5.74) is 0.973. The zero-order chi connectivity index (χ0) is 15.6. The van der Waals surface area contributed by atoms with Crippen molar-refractivity contribution in [1.82, 2.24) is 4.31 Å². The van der Waals surface area contributed by atoms with E-state index in [4.69, 9.17) is 0 Å². The maximum Gasteiger partial charge on any atom is 0.243 e. The first kappa shape index (κ1) is 14.8. The van der Waals surface area contributed by atoms with E-state index in [1.165, 1.54) is 4.31 Å². The first-order valence-corrected chi connectivity index (χ1v) is 8.50. The number of rotatable bonds is 4. The van der Waals surface area contributed by atoms with Crippen LogP contribution >= 0.6 is 0 Å². The molecule has 0 spiro atoms. The molecule has 4 heteroatoms. The lowest BCUT2D eigenvalue weighted by molar-refractivity contribution is 0.467. The van der Waals surface area contributed by atoms with Crippen LogP contribution in [0.3, 0.4) is 0 Å². The zero-order valence-corrected chi connectivity index (χ0v) is 13.1. The van der Waals surface area contributed by atoms with Crippen molar-refractivity contribution in [3.8, 4) is 0 Å². The normalized spacial score (nSPS) is 11.9. The molecular weight excluding hydrogens is 294 g/mol. The standard InChI is InChI=1S/C18H17NO2S/c1-19(22(20,21)18-9-3-2-4-10-18)14-15-11-12-16-7-5-6-8-17(16)13-15/h2-13H,14H2,1H3. The van der Waals surface area contributed by atoms with Crippen LogP contribution in [0.1, 0.15) is 5.56 Å². The van der Waals surface area contributed by atoms with Gasteiger partial charge in [-0.05, 0) is 34.5 Å². The van der Waals surface area contributed by atoms with Gasteiger partial charge in [-0.1, -0.05) is 54.6 Å². The SMILES string of the molecule is CN(Cc1ccc2ccccc2c1)S(=O)(=O)c1ccccc1. The molecule has 0 aromatic heterocycles. The number of hydrogen-bond donors (Lipinski definition) is 0. The second-order valence-corrected chi connectivity index (χ2v) is 7.30. The van der Waals surface area contributed by atoms with E-state index >= 15 is 0 Å². The quantitative estimate of drug-likeness (QED) is 0.737. The third kappa shape index (κ3) is 2.89. The van der Waals surface area contributed by atoms with Gasteiger partial charge in [0.2, 0.25) is 10.0 Å². The first-order valence-electron chi connectivity index (χ1n) is 7.06. The van der Waals surface area contributed by atoms with Crippen LogP contribution in [0.2, 0.25) is 0 Å². The molecule has 3 aromatic rings. The number of hydrogen-bond acceptors (Lipinski definition) is 2. The molecular formula is C18H17NO2S. The highest BCUT2D eigenvalue weighted by Crippen LogP contribution is 2.19. The molecule has 0 aliphatic heterocycles. The minimum absolute atomic E-state index is 0.318. The summed E-state index contributed by atoms with van der Waals surface area (Å²) in [4.78, 5) is 0.318. The molecule has 0 heterocycles. The van der Waals surface area contributed by atoms with Crippen LogP contribution in [0, 0.1) is 0 Å². The highest BCUT2D eigenvalue weighted by Gasteiger charge is 2.20. The Bertz CT molecular complexity index is 889. The van der Waals surface area contributed by atoms with Crippen LogP contribution in [0.25, 0.3) is 10.8 Å². The van der Waals surface area contributed by atoms with Crippen molar-refractivity contribution in [3.05, 3.63) is 78.4 Å². The molecule has 0 unspecified atom stereocenters. The highest BCUT2D eigenvalue weighted by molar-refractivity contribution is 7.89. The molecule has 0 radical (unpaired) electrons. The molecule has 0 amide bonds. The summed E-state index contributed by atoms with van der Waals surface area (Å²) in [5, 5.41) is 2.27. The van der Waals surface area contributed by atoms with Crippen molar-refractivity contribution in [2.45, 2.75) is 11.4 Å². The Balaban J connectivity index is 1.88. The summed E-state index contributed by atoms with van der Waals surface area (Å²) in [6.07, 6.45) is 0. The smallest absolute Gasteiger partial charge is 0.207 e. The number of sulfonamides is 1. The summed E-state index contributed by atoms with van der Waals surface area (Å²) < 4.78 is 26.4. The molecule has 0 N–H and O–H groups in total. The maximum atomic E-state index is 12.5. The van der Waals surface area contributed by atoms with E-state index in [1.54, 1.807) is 31.3 Å². The van der Waals surface area contributed by atoms with Crippen LogP contribution in [-0.2, 0) is 16.6 Å². The van der Waals surface area contributed by atoms with Gasteiger partial charge in [0.25, 0.3) is 0 Å². The topological polar surface area (TPSA) is 37.4 Å². The molecule has 0 saturated heterocycles. The van der Waals surface area contributed by atoms with Gasteiger partial charge in [-0.15, -0.1) is 0 Å². The van der Waals surface area contributed by atoms with Gasteiger partial charge in [-0.25, -0.2) is 8.42 Å². The van der Waals surface area contributed by atoms with Gasteiger partial charge < -0.3 is 0 Å². The van der Waals surface area contributed by atoms with E-state index < -0.39 is 10.0 Å². The second-order valence-electron chi connectivity index (χ2n) is 5.26. The Morgan fingerprint density at radius 3 is 2.18 bits per heavy atom. The monoisotopic (exact) mass is 311 g/mol. The van der Waals surface area contributed by atoms with Gasteiger partial charge in [-0.3, -0.25) is 0 Å². The van der Waals surface area contributed by atoms with Crippen LogP contribution in [-0.4, -0.2) is 19.8 Å². The average Bonchev–Trinajstić information content (AvgIpc) is 2.55. The Kier molecular flexibility index (Phi) is 3.96. The van der Waals surface area contributed by atoms with Crippen molar-refractivity contribution in [3.63, 3.8) is 0 Å². The van der Waals surface area contributed by atoms with Gasteiger partial charge in [-0.2, -0.15) is 4.31 Å². The Labute approximate surface area is 130 Å². The molecule has 0 atom stereocenters. The van der Waals surface area contributed by atoms with E-state index in [1.807, 2.05) is 48.5 Å². The molecule has 3 rings (SSSR count). The summed E-state index contributed by atoms with van der Waals surface area (Å²) in [7, 11) is -1.85. The largest absolute Gasteiger partial charge is 0.243 e. The van der Waals surface area contributed by atoms with Gasteiger partial charge >= 0.3 is 0 Å².